The van der Waals surface area contributed by atoms with Gasteiger partial charge in [-0.1, -0.05) is 18.7 Å². The number of carbonyl (C=O) groups is 2. The minimum absolute atomic E-state index is 0.0771. The molecule has 0 aliphatic heterocycles. The van der Waals surface area contributed by atoms with E-state index in [1.807, 2.05) is 0 Å². The molecular weight excluding hydrogens is 394 g/mol. The predicted octanol–water partition coefficient (Wildman–Crippen LogP) is 2.32. The van der Waals surface area contributed by atoms with Crippen LogP contribution in [0.25, 0.3) is 0 Å². The van der Waals surface area contributed by atoms with Crippen molar-refractivity contribution >= 4 is 35.1 Å². The Bertz CT molecular complexity index is 951. The number of ether oxygens (including phenoxy) is 1. The Morgan fingerprint density at radius 1 is 1.32 bits per heavy atom. The van der Waals surface area contributed by atoms with Crippen LogP contribution in [0.2, 0.25) is 0 Å². The van der Waals surface area contributed by atoms with Crippen molar-refractivity contribution in [1.82, 2.24) is 9.97 Å². The quantitative estimate of drug-likeness (QED) is 0.362. The van der Waals surface area contributed by atoms with Crippen LogP contribution < -0.4 is 16.6 Å². The van der Waals surface area contributed by atoms with E-state index in [2.05, 4.69) is 15.3 Å². The third-order valence-corrected chi connectivity index (χ3v) is 4.75. The van der Waals surface area contributed by atoms with Gasteiger partial charge >= 0.3 is 5.97 Å². The molecule has 0 bridgehead atoms. The van der Waals surface area contributed by atoms with Gasteiger partial charge in [0.1, 0.15) is 10.9 Å². The summed E-state index contributed by atoms with van der Waals surface area (Å²) in [5.41, 5.74) is 4.44. The number of aromatic amines is 1. The van der Waals surface area contributed by atoms with Crippen molar-refractivity contribution in [2.45, 2.75) is 30.7 Å². The van der Waals surface area contributed by atoms with Crippen LogP contribution in [0.3, 0.4) is 0 Å². The summed E-state index contributed by atoms with van der Waals surface area (Å²) in [6.45, 7) is 3.67. The zero-order valence-corrected chi connectivity index (χ0v) is 15.9. The first-order valence-electron chi connectivity index (χ1n) is 8.26. The average molecular weight is 412 g/mol. The van der Waals surface area contributed by atoms with Gasteiger partial charge < -0.3 is 15.8 Å². The van der Waals surface area contributed by atoms with Crippen molar-refractivity contribution in [3.05, 3.63) is 45.8 Å². The Labute approximate surface area is 162 Å². The smallest absolute Gasteiger partial charge is 0.319 e. The molecule has 4 N–H and O–H groups in total. The summed E-state index contributed by atoms with van der Waals surface area (Å²) in [6.07, 6.45) is 0.432. The predicted molar refractivity (Wildman–Crippen MR) is 100 cm³/mol. The molecule has 1 aromatic carbocycles. The topological polar surface area (TPSA) is 127 Å². The second-order valence-electron chi connectivity index (χ2n) is 5.48. The van der Waals surface area contributed by atoms with E-state index in [1.165, 1.54) is 0 Å². The highest BCUT2D eigenvalue weighted by molar-refractivity contribution is 8.00. The number of nitrogens with two attached hydrogens (primary N) is 1. The standard InChI is InChI=1S/C17H18F2N4O4S/c1-3-11(16(26)27-4-2)28-17-22-13(20)12(15(25)23-17)21-14(24)8-5-6-9(18)10(19)7-8/h5-7,11H,3-4H2,1-2H3,(H,21,24)(H3,20,22,23,25)/t11-/m1/s1. The molecule has 0 spiro atoms. The van der Waals surface area contributed by atoms with Gasteiger partial charge in [0.2, 0.25) is 0 Å². The van der Waals surface area contributed by atoms with Crippen LogP contribution in [-0.4, -0.2) is 33.7 Å². The summed E-state index contributed by atoms with van der Waals surface area (Å²) in [5.74, 6) is -3.92. The second-order valence-corrected chi connectivity index (χ2v) is 6.67. The molecule has 150 valence electrons. The van der Waals surface area contributed by atoms with Crippen molar-refractivity contribution in [3.63, 3.8) is 0 Å². The van der Waals surface area contributed by atoms with Gasteiger partial charge in [0.25, 0.3) is 11.5 Å². The van der Waals surface area contributed by atoms with Gasteiger partial charge in [-0.2, -0.15) is 0 Å². The van der Waals surface area contributed by atoms with E-state index >= 15 is 0 Å². The van der Waals surface area contributed by atoms with Gasteiger partial charge in [0.05, 0.1) is 6.61 Å². The largest absolute Gasteiger partial charge is 0.465 e. The van der Waals surface area contributed by atoms with E-state index < -0.39 is 34.3 Å². The summed E-state index contributed by atoms with van der Waals surface area (Å²) < 4.78 is 31.2. The van der Waals surface area contributed by atoms with Crippen LogP contribution in [0, 0.1) is 11.6 Å². The minimum Gasteiger partial charge on any atom is -0.465 e. The first kappa shape index (κ1) is 21.4. The van der Waals surface area contributed by atoms with Gasteiger partial charge in [-0.05, 0) is 31.5 Å². The van der Waals surface area contributed by atoms with Crippen LogP contribution in [0.4, 0.5) is 20.3 Å². The molecule has 2 rings (SSSR count). The molecule has 8 nitrogen and oxygen atoms in total. The van der Waals surface area contributed by atoms with E-state index in [-0.39, 0.29) is 28.8 Å². The van der Waals surface area contributed by atoms with Gasteiger partial charge in [-0.3, -0.25) is 19.4 Å². The van der Waals surface area contributed by atoms with Gasteiger partial charge in [0, 0.05) is 5.56 Å². The lowest BCUT2D eigenvalue weighted by Gasteiger charge is -2.13. The number of nitrogen functional groups attached to an aromatic ring is 1. The molecule has 0 saturated carbocycles. The maximum atomic E-state index is 13.3. The number of amides is 1. The number of rotatable bonds is 7. The maximum absolute atomic E-state index is 13.3. The third-order valence-electron chi connectivity index (χ3n) is 3.52. The fraction of sp³-hybridized carbons (Fsp3) is 0.294. The molecule has 1 amide bonds. The lowest BCUT2D eigenvalue weighted by molar-refractivity contribution is -0.142. The fourth-order valence-corrected chi connectivity index (χ4v) is 3.04. The fourth-order valence-electron chi connectivity index (χ4n) is 2.14. The Morgan fingerprint density at radius 2 is 2.04 bits per heavy atom. The summed E-state index contributed by atoms with van der Waals surface area (Å²) >= 11 is 0.967. The summed E-state index contributed by atoms with van der Waals surface area (Å²) in [5, 5.41) is 1.70. The molecular formula is C17H18F2N4O4S. The van der Waals surface area contributed by atoms with Gasteiger partial charge in [-0.15, -0.1) is 0 Å². The maximum Gasteiger partial charge on any atom is 0.319 e. The molecule has 28 heavy (non-hydrogen) atoms. The highest BCUT2D eigenvalue weighted by atomic mass is 32.2. The first-order chi connectivity index (χ1) is 13.3. The Kier molecular flexibility index (Phi) is 7.10. The van der Waals surface area contributed by atoms with Crippen LogP contribution in [0.5, 0.6) is 0 Å². The Balaban J connectivity index is 2.21. The number of esters is 1. The lowest BCUT2D eigenvalue weighted by atomic mass is 10.2. The van der Waals surface area contributed by atoms with Crippen molar-refractivity contribution in [3.8, 4) is 0 Å². The molecule has 0 aliphatic carbocycles. The molecule has 0 saturated heterocycles. The zero-order chi connectivity index (χ0) is 20.8. The number of benzene rings is 1. The van der Waals surface area contributed by atoms with Crippen LogP contribution in [0.1, 0.15) is 30.6 Å². The van der Waals surface area contributed by atoms with E-state index in [4.69, 9.17) is 10.5 Å². The summed E-state index contributed by atoms with van der Waals surface area (Å²) in [6, 6.07) is 2.54. The van der Waals surface area contributed by atoms with E-state index in [0.717, 1.165) is 23.9 Å². The number of aromatic nitrogens is 2. The Morgan fingerprint density at radius 3 is 2.61 bits per heavy atom. The molecule has 0 fully saturated rings. The molecule has 11 heteroatoms. The van der Waals surface area contributed by atoms with Crippen molar-refractivity contribution in [1.29, 1.82) is 0 Å². The minimum atomic E-state index is -1.20. The molecule has 2 aromatic rings. The van der Waals surface area contributed by atoms with Crippen molar-refractivity contribution in [2.75, 3.05) is 17.7 Å². The number of nitrogens with zero attached hydrogens (tertiary/aromatic N) is 1. The normalized spacial score (nSPS) is 11.7. The monoisotopic (exact) mass is 412 g/mol. The number of anilines is 2. The number of thioether (sulfide) groups is 1. The Hall–Kier alpha value is -2.95. The van der Waals surface area contributed by atoms with Crippen LogP contribution in [0.15, 0.2) is 28.2 Å². The van der Waals surface area contributed by atoms with Crippen molar-refractivity contribution in [2.24, 2.45) is 0 Å². The molecule has 0 aliphatic rings. The van der Waals surface area contributed by atoms with E-state index in [9.17, 15) is 23.2 Å². The number of H-pyrrole nitrogens is 1. The van der Waals surface area contributed by atoms with E-state index in [1.54, 1.807) is 13.8 Å². The first-order valence-corrected chi connectivity index (χ1v) is 9.14. The average Bonchev–Trinajstić information content (AvgIpc) is 2.64. The van der Waals surface area contributed by atoms with Crippen molar-refractivity contribution < 1.29 is 23.1 Å². The summed E-state index contributed by atoms with van der Waals surface area (Å²) in [4.78, 5) is 42.7. The molecule has 1 heterocycles. The lowest BCUT2D eigenvalue weighted by Crippen LogP contribution is -2.24. The van der Waals surface area contributed by atoms with Crippen LogP contribution in [-0.2, 0) is 9.53 Å². The third kappa shape index (κ3) is 5.06. The SMILES string of the molecule is CCOC(=O)[C@@H](CC)Sc1nc(N)c(NC(=O)c2ccc(F)c(F)c2)c(=O)[nH]1. The zero-order valence-electron chi connectivity index (χ0n) is 15.0. The molecule has 0 radical (unpaired) electrons. The molecule has 1 atom stereocenters. The highest BCUT2D eigenvalue weighted by Crippen LogP contribution is 2.24. The number of nitrogens with one attached hydrogen (secondary N) is 2. The number of carbonyl (C=O) groups excluding carboxylic acids is 2. The van der Waals surface area contributed by atoms with Gasteiger partial charge in [-0.25, -0.2) is 13.8 Å². The summed E-state index contributed by atoms with van der Waals surface area (Å²) in [7, 11) is 0. The second kappa shape index (κ2) is 9.31. The van der Waals surface area contributed by atoms with E-state index in [0.29, 0.717) is 12.5 Å². The molecule has 0 unspecified atom stereocenters. The van der Waals surface area contributed by atoms with Gasteiger partial charge in [0.15, 0.2) is 22.6 Å². The van der Waals surface area contributed by atoms with Crippen LogP contribution >= 0.6 is 11.8 Å². The molecule has 1 aromatic heterocycles. The number of halogens is 2. The number of hydrogen-bond acceptors (Lipinski definition) is 7. The highest BCUT2D eigenvalue weighted by Gasteiger charge is 2.22. The number of hydrogen-bond donors (Lipinski definition) is 3.